The summed E-state index contributed by atoms with van der Waals surface area (Å²) >= 11 is 0. The maximum absolute atomic E-state index is 5.40. The smallest absolute Gasteiger partial charge is 0.261 e. The van der Waals surface area contributed by atoms with Gasteiger partial charge in [-0.3, -0.25) is 11.5 Å². The number of hydrogen-bond acceptors (Lipinski definition) is 6. The van der Waals surface area contributed by atoms with Gasteiger partial charge < -0.3 is 0 Å². The molecule has 56 valence electrons. The van der Waals surface area contributed by atoms with Crippen molar-refractivity contribution in [1.82, 2.24) is 0 Å². The molecule has 0 unspecified atom stereocenters. The monoisotopic (exact) mass is 150 g/mol. The van der Waals surface area contributed by atoms with Crippen LogP contribution in [0.2, 0.25) is 0 Å². The number of aliphatic imine (C=N–C) groups is 4. The lowest BCUT2D eigenvalue weighted by Gasteiger charge is -2.16. The second-order valence-corrected chi connectivity index (χ2v) is 2.24. The Morgan fingerprint density at radius 2 is 2.18 bits per heavy atom. The highest BCUT2D eigenvalue weighted by atomic mass is 15.3. The van der Waals surface area contributed by atoms with Crippen LogP contribution < -0.4 is 11.5 Å². The van der Waals surface area contributed by atoms with E-state index in [1.807, 2.05) is 0 Å². The maximum Gasteiger partial charge on any atom is 0.261 e. The highest BCUT2D eigenvalue weighted by Crippen LogP contribution is 2.05. The quantitative estimate of drug-likeness (QED) is 0.409. The van der Waals surface area contributed by atoms with Gasteiger partial charge in [0.15, 0.2) is 5.84 Å². The van der Waals surface area contributed by atoms with E-state index in [0.29, 0.717) is 11.5 Å². The molecule has 0 radical (unpaired) electrons. The van der Waals surface area contributed by atoms with Gasteiger partial charge in [-0.25, -0.2) is 20.0 Å². The van der Waals surface area contributed by atoms with E-state index < -0.39 is 5.91 Å². The molecule has 0 aromatic heterocycles. The highest BCUT2D eigenvalue weighted by Gasteiger charge is 2.24. The van der Waals surface area contributed by atoms with Crippen LogP contribution in [0.3, 0.4) is 0 Å². The fourth-order valence-electron chi connectivity index (χ4n) is 0.810. The molecule has 0 fully saturated rings. The van der Waals surface area contributed by atoms with E-state index in [0.717, 1.165) is 0 Å². The summed E-state index contributed by atoms with van der Waals surface area (Å²) in [6, 6.07) is 0. The van der Waals surface area contributed by atoms with Crippen molar-refractivity contribution >= 4 is 24.1 Å². The van der Waals surface area contributed by atoms with Crippen molar-refractivity contribution in [3.63, 3.8) is 0 Å². The minimum atomic E-state index is -1.37. The molecular weight excluding hydrogens is 144 g/mol. The topological polar surface area (TPSA) is 101 Å². The van der Waals surface area contributed by atoms with Crippen LogP contribution >= 0.6 is 0 Å². The van der Waals surface area contributed by atoms with Gasteiger partial charge in [0.25, 0.3) is 5.91 Å². The molecule has 0 saturated heterocycles. The molecule has 0 atom stereocenters. The molecule has 2 aliphatic heterocycles. The van der Waals surface area contributed by atoms with Crippen molar-refractivity contribution in [3.05, 3.63) is 0 Å². The number of hydrogen-bond donors (Lipinski definition) is 2. The molecule has 0 saturated carbocycles. The van der Waals surface area contributed by atoms with Gasteiger partial charge in [-0.05, 0) is 0 Å². The summed E-state index contributed by atoms with van der Waals surface area (Å²) in [5.41, 5.74) is 11.4. The molecule has 0 bridgehead atoms. The lowest BCUT2D eigenvalue weighted by atomic mass is 10.3. The average molecular weight is 150 g/mol. The van der Waals surface area contributed by atoms with E-state index in [2.05, 4.69) is 20.0 Å². The Hall–Kier alpha value is -1.40. The van der Waals surface area contributed by atoms with Crippen molar-refractivity contribution in [2.24, 2.45) is 31.4 Å². The summed E-state index contributed by atoms with van der Waals surface area (Å²) in [5, 5.41) is 0. The first kappa shape index (κ1) is 6.32. The third-order valence-corrected chi connectivity index (χ3v) is 1.28. The number of nitrogens with zero attached hydrogens (tertiary/aromatic N) is 4. The minimum absolute atomic E-state index is 0.449. The zero-order valence-electron chi connectivity index (χ0n) is 5.60. The molecule has 0 aliphatic carbocycles. The van der Waals surface area contributed by atoms with Crippen LogP contribution in [0.1, 0.15) is 0 Å². The van der Waals surface area contributed by atoms with Gasteiger partial charge in [-0.1, -0.05) is 0 Å². The van der Waals surface area contributed by atoms with Crippen LogP contribution in [0.5, 0.6) is 0 Å². The Labute approximate surface area is 62.4 Å². The molecule has 0 aromatic carbocycles. The summed E-state index contributed by atoms with van der Waals surface area (Å²) in [7, 11) is 0. The third kappa shape index (κ3) is 0.975. The van der Waals surface area contributed by atoms with E-state index >= 15 is 0 Å². The molecule has 11 heavy (non-hydrogen) atoms. The second kappa shape index (κ2) is 1.80. The molecule has 6 nitrogen and oxygen atoms in total. The molecule has 4 N–H and O–H groups in total. The Kier molecular flexibility index (Phi) is 1.04. The second-order valence-electron chi connectivity index (χ2n) is 2.24. The van der Waals surface area contributed by atoms with Gasteiger partial charge in [0.1, 0.15) is 12.1 Å². The third-order valence-electron chi connectivity index (χ3n) is 1.28. The normalized spacial score (nSPS) is 24.5. The molecule has 2 heterocycles. The Morgan fingerprint density at radius 3 is 3.00 bits per heavy atom. The van der Waals surface area contributed by atoms with Crippen LogP contribution in [0.15, 0.2) is 20.0 Å². The Morgan fingerprint density at radius 1 is 1.36 bits per heavy atom. The summed E-state index contributed by atoms with van der Waals surface area (Å²) in [4.78, 5) is 15.2. The summed E-state index contributed by atoms with van der Waals surface area (Å²) in [6.45, 7) is 0. The molecule has 0 amide bonds. The van der Waals surface area contributed by atoms with E-state index in [-0.39, 0.29) is 0 Å². The van der Waals surface area contributed by atoms with Gasteiger partial charge >= 0.3 is 0 Å². The van der Waals surface area contributed by atoms with Crippen molar-refractivity contribution < 1.29 is 0 Å². The zero-order chi connectivity index (χ0) is 7.90. The van der Waals surface area contributed by atoms with Crippen LogP contribution in [-0.4, -0.2) is 30.0 Å². The van der Waals surface area contributed by atoms with Crippen molar-refractivity contribution in [2.75, 3.05) is 0 Å². The summed E-state index contributed by atoms with van der Waals surface area (Å²) < 4.78 is 0. The SMILES string of the molecule is NC1(N)N=CC2=NC=NC2=N1. The number of nitrogens with two attached hydrogens (primary N) is 2. The first-order chi connectivity index (χ1) is 5.17. The van der Waals surface area contributed by atoms with Crippen molar-refractivity contribution in [1.29, 1.82) is 0 Å². The van der Waals surface area contributed by atoms with E-state index in [9.17, 15) is 0 Å². The maximum atomic E-state index is 5.40. The molecule has 2 rings (SSSR count). The van der Waals surface area contributed by atoms with Crippen LogP contribution in [0.25, 0.3) is 0 Å². The van der Waals surface area contributed by atoms with Gasteiger partial charge in [0.05, 0.1) is 6.21 Å². The largest absolute Gasteiger partial charge is 0.275 e. The first-order valence-electron chi connectivity index (χ1n) is 3.01. The molecule has 2 aliphatic rings. The molecule has 0 aromatic rings. The van der Waals surface area contributed by atoms with Crippen molar-refractivity contribution in [3.8, 4) is 0 Å². The predicted molar refractivity (Wildman–Crippen MR) is 43.0 cm³/mol. The first-order valence-corrected chi connectivity index (χ1v) is 3.01. The number of amidine groups is 1. The number of rotatable bonds is 0. The molecule has 0 spiro atoms. The van der Waals surface area contributed by atoms with E-state index in [4.69, 9.17) is 11.5 Å². The molecular formula is C5H6N6. The van der Waals surface area contributed by atoms with Gasteiger partial charge in [0, 0.05) is 0 Å². The Bertz CT molecular complexity index is 307. The average Bonchev–Trinajstić information content (AvgIpc) is 2.31. The zero-order valence-corrected chi connectivity index (χ0v) is 5.60. The lowest BCUT2D eigenvalue weighted by Crippen LogP contribution is -2.49. The minimum Gasteiger partial charge on any atom is -0.275 e. The van der Waals surface area contributed by atoms with Gasteiger partial charge in [0.2, 0.25) is 0 Å². The van der Waals surface area contributed by atoms with Crippen molar-refractivity contribution in [2.45, 2.75) is 5.91 Å². The fraction of sp³-hybridized carbons (Fsp3) is 0.200. The van der Waals surface area contributed by atoms with E-state index in [1.165, 1.54) is 12.6 Å². The molecule has 6 heteroatoms. The van der Waals surface area contributed by atoms with Crippen LogP contribution in [0.4, 0.5) is 0 Å². The van der Waals surface area contributed by atoms with Crippen LogP contribution in [0, 0.1) is 0 Å². The van der Waals surface area contributed by atoms with E-state index in [1.54, 1.807) is 0 Å². The van der Waals surface area contributed by atoms with Gasteiger partial charge in [-0.15, -0.1) is 0 Å². The van der Waals surface area contributed by atoms with Crippen LogP contribution in [-0.2, 0) is 0 Å². The predicted octanol–water partition coefficient (Wildman–Crippen LogP) is -1.52. The Balaban J connectivity index is 2.45. The fourth-order valence-corrected chi connectivity index (χ4v) is 0.810. The highest BCUT2D eigenvalue weighted by molar-refractivity contribution is 6.65. The summed E-state index contributed by atoms with van der Waals surface area (Å²) in [6.07, 6.45) is 2.86. The standard InChI is InChI=1S/C5H6N6/c6-5(7)10-1-3-4(11-5)9-2-8-3/h1-2H,6-7H2. The lowest BCUT2D eigenvalue weighted by molar-refractivity contribution is 0.494. The van der Waals surface area contributed by atoms with Gasteiger partial charge in [-0.2, -0.15) is 0 Å². The summed E-state index contributed by atoms with van der Waals surface area (Å²) in [5.74, 6) is -0.916. The number of fused-ring (bicyclic) bond motifs is 1.